The average molecular weight is 332 g/mol. The standard InChI is InChI=1S/C17H18ClN3S/c1-9(2)11-5-7-12(8-6-11)13-10(3)22-16-14(13)15(19-4)20-17(18)21-16/h5-9H,1-4H3,(H,19,20,21). The maximum atomic E-state index is 6.01. The summed E-state index contributed by atoms with van der Waals surface area (Å²) in [5.74, 6) is 1.31. The molecule has 0 saturated carbocycles. The molecule has 22 heavy (non-hydrogen) atoms. The maximum Gasteiger partial charge on any atom is 0.225 e. The Morgan fingerprint density at radius 2 is 1.82 bits per heavy atom. The minimum atomic E-state index is 0.278. The number of halogens is 1. The van der Waals surface area contributed by atoms with Crippen LogP contribution >= 0.6 is 22.9 Å². The second kappa shape index (κ2) is 5.86. The van der Waals surface area contributed by atoms with Gasteiger partial charge in [0.25, 0.3) is 0 Å². The van der Waals surface area contributed by atoms with Gasteiger partial charge in [0.15, 0.2) is 0 Å². The Morgan fingerprint density at radius 3 is 2.41 bits per heavy atom. The summed E-state index contributed by atoms with van der Waals surface area (Å²) in [6.45, 7) is 6.52. The van der Waals surface area contributed by atoms with Gasteiger partial charge >= 0.3 is 0 Å². The number of fused-ring (bicyclic) bond motifs is 1. The van der Waals surface area contributed by atoms with Crippen LogP contribution in [0, 0.1) is 6.92 Å². The summed E-state index contributed by atoms with van der Waals surface area (Å²) in [4.78, 5) is 10.8. The number of hydrogen-bond acceptors (Lipinski definition) is 4. The second-order valence-corrected chi connectivity index (χ2v) is 7.12. The normalized spacial score (nSPS) is 11.4. The summed E-state index contributed by atoms with van der Waals surface area (Å²) in [6, 6.07) is 8.74. The van der Waals surface area contributed by atoms with E-state index in [1.807, 2.05) is 7.05 Å². The number of rotatable bonds is 3. The van der Waals surface area contributed by atoms with Crippen LogP contribution < -0.4 is 5.32 Å². The lowest BCUT2D eigenvalue weighted by Crippen LogP contribution is -1.95. The van der Waals surface area contributed by atoms with Crippen LogP contribution in [0.15, 0.2) is 24.3 Å². The number of anilines is 1. The predicted molar refractivity (Wildman–Crippen MR) is 96.2 cm³/mol. The van der Waals surface area contributed by atoms with Crippen molar-refractivity contribution in [1.82, 2.24) is 9.97 Å². The van der Waals surface area contributed by atoms with Gasteiger partial charge < -0.3 is 5.32 Å². The second-order valence-electron chi connectivity index (χ2n) is 5.58. The zero-order valence-corrected chi connectivity index (χ0v) is 14.6. The quantitative estimate of drug-likeness (QED) is 0.645. The van der Waals surface area contributed by atoms with E-state index < -0.39 is 0 Å². The molecule has 2 aromatic heterocycles. The highest BCUT2D eigenvalue weighted by atomic mass is 35.5. The van der Waals surface area contributed by atoms with Gasteiger partial charge in [-0.3, -0.25) is 0 Å². The molecular formula is C17H18ClN3S. The van der Waals surface area contributed by atoms with E-state index >= 15 is 0 Å². The minimum absolute atomic E-state index is 0.278. The number of aromatic nitrogens is 2. The lowest BCUT2D eigenvalue weighted by Gasteiger charge is -2.09. The molecule has 3 rings (SSSR count). The largest absolute Gasteiger partial charge is 0.372 e. The lowest BCUT2D eigenvalue weighted by molar-refractivity contribution is 0.867. The molecule has 0 radical (unpaired) electrons. The fraction of sp³-hybridized carbons (Fsp3) is 0.294. The predicted octanol–water partition coefficient (Wildman–Crippen LogP) is 5.49. The van der Waals surface area contributed by atoms with Gasteiger partial charge in [0, 0.05) is 17.5 Å². The topological polar surface area (TPSA) is 37.8 Å². The molecule has 0 amide bonds. The zero-order valence-electron chi connectivity index (χ0n) is 13.1. The molecule has 0 fully saturated rings. The number of hydrogen-bond donors (Lipinski definition) is 1. The number of nitrogens with zero attached hydrogens (tertiary/aromatic N) is 2. The molecule has 0 unspecified atom stereocenters. The van der Waals surface area contributed by atoms with Crippen molar-refractivity contribution in [2.75, 3.05) is 12.4 Å². The van der Waals surface area contributed by atoms with Gasteiger partial charge in [0.2, 0.25) is 5.28 Å². The molecule has 3 nitrogen and oxygen atoms in total. The Morgan fingerprint density at radius 1 is 1.14 bits per heavy atom. The van der Waals surface area contributed by atoms with Crippen molar-refractivity contribution in [3.63, 3.8) is 0 Å². The van der Waals surface area contributed by atoms with Gasteiger partial charge in [-0.05, 0) is 35.6 Å². The first-order valence-electron chi connectivity index (χ1n) is 7.26. The van der Waals surface area contributed by atoms with Crippen molar-refractivity contribution >= 4 is 39.0 Å². The van der Waals surface area contributed by atoms with E-state index in [4.69, 9.17) is 11.6 Å². The molecule has 1 aromatic carbocycles. The van der Waals surface area contributed by atoms with E-state index in [2.05, 4.69) is 60.3 Å². The molecular weight excluding hydrogens is 314 g/mol. The molecule has 0 aliphatic rings. The summed E-state index contributed by atoms with van der Waals surface area (Å²) in [6.07, 6.45) is 0. The van der Waals surface area contributed by atoms with Crippen LogP contribution in [-0.2, 0) is 0 Å². The van der Waals surface area contributed by atoms with Crippen molar-refractivity contribution in [2.45, 2.75) is 26.7 Å². The van der Waals surface area contributed by atoms with E-state index in [0.29, 0.717) is 5.92 Å². The SMILES string of the molecule is CNc1nc(Cl)nc2sc(C)c(-c3ccc(C(C)C)cc3)c12. The van der Waals surface area contributed by atoms with Gasteiger partial charge in [-0.25, -0.2) is 9.97 Å². The molecule has 3 aromatic rings. The Kier molecular flexibility index (Phi) is 4.06. The summed E-state index contributed by atoms with van der Waals surface area (Å²) in [7, 11) is 1.86. The van der Waals surface area contributed by atoms with Crippen molar-refractivity contribution < 1.29 is 0 Å². The molecule has 0 aliphatic carbocycles. The van der Waals surface area contributed by atoms with E-state index in [0.717, 1.165) is 16.0 Å². The molecule has 1 N–H and O–H groups in total. The first kappa shape index (κ1) is 15.3. The average Bonchev–Trinajstić information content (AvgIpc) is 2.82. The molecule has 2 heterocycles. The highest BCUT2D eigenvalue weighted by Crippen LogP contribution is 2.41. The molecule has 0 bridgehead atoms. The fourth-order valence-electron chi connectivity index (χ4n) is 2.65. The summed E-state index contributed by atoms with van der Waals surface area (Å²) in [5, 5.41) is 4.46. The third-order valence-electron chi connectivity index (χ3n) is 3.80. The van der Waals surface area contributed by atoms with Crippen molar-refractivity contribution in [3.05, 3.63) is 40.0 Å². The Balaban J connectivity index is 2.24. The Labute approximate surface area is 139 Å². The summed E-state index contributed by atoms with van der Waals surface area (Å²) >= 11 is 7.66. The molecule has 5 heteroatoms. The summed E-state index contributed by atoms with van der Waals surface area (Å²) in [5.41, 5.74) is 3.72. The van der Waals surface area contributed by atoms with Crippen LogP contribution in [-0.4, -0.2) is 17.0 Å². The third-order valence-corrected chi connectivity index (χ3v) is 4.97. The molecule has 0 spiro atoms. The number of benzene rings is 1. The fourth-order valence-corrected chi connectivity index (χ4v) is 3.91. The molecule has 0 aliphatic heterocycles. The number of nitrogens with one attached hydrogen (secondary N) is 1. The number of aryl methyl sites for hydroxylation is 1. The molecule has 114 valence electrons. The Hall–Kier alpha value is -1.65. The van der Waals surface area contributed by atoms with Gasteiger partial charge in [-0.1, -0.05) is 38.1 Å². The van der Waals surface area contributed by atoms with Crippen LogP contribution in [0.3, 0.4) is 0 Å². The van der Waals surface area contributed by atoms with Crippen LogP contribution in [0.1, 0.15) is 30.2 Å². The first-order chi connectivity index (χ1) is 10.5. The maximum absolute atomic E-state index is 6.01. The van der Waals surface area contributed by atoms with Gasteiger partial charge in [-0.2, -0.15) is 0 Å². The van der Waals surface area contributed by atoms with Gasteiger partial charge in [0.05, 0.1) is 5.39 Å². The van der Waals surface area contributed by atoms with Crippen molar-refractivity contribution in [3.8, 4) is 11.1 Å². The van der Waals surface area contributed by atoms with E-state index in [1.165, 1.54) is 21.6 Å². The van der Waals surface area contributed by atoms with Crippen LogP contribution in [0.4, 0.5) is 5.82 Å². The minimum Gasteiger partial charge on any atom is -0.372 e. The lowest BCUT2D eigenvalue weighted by atomic mass is 9.98. The van der Waals surface area contributed by atoms with Crippen LogP contribution in [0.2, 0.25) is 5.28 Å². The van der Waals surface area contributed by atoms with E-state index in [-0.39, 0.29) is 5.28 Å². The molecule has 0 atom stereocenters. The Bertz CT molecular complexity index is 822. The van der Waals surface area contributed by atoms with Crippen LogP contribution in [0.5, 0.6) is 0 Å². The van der Waals surface area contributed by atoms with Gasteiger partial charge in [-0.15, -0.1) is 11.3 Å². The number of thiophene rings is 1. The van der Waals surface area contributed by atoms with E-state index in [1.54, 1.807) is 11.3 Å². The van der Waals surface area contributed by atoms with Crippen LogP contribution in [0.25, 0.3) is 21.3 Å². The monoisotopic (exact) mass is 331 g/mol. The van der Waals surface area contributed by atoms with E-state index in [9.17, 15) is 0 Å². The van der Waals surface area contributed by atoms with Crippen molar-refractivity contribution in [2.24, 2.45) is 0 Å². The van der Waals surface area contributed by atoms with Crippen molar-refractivity contribution in [1.29, 1.82) is 0 Å². The zero-order chi connectivity index (χ0) is 15.9. The highest BCUT2D eigenvalue weighted by molar-refractivity contribution is 7.19. The smallest absolute Gasteiger partial charge is 0.225 e. The molecule has 0 saturated heterocycles. The first-order valence-corrected chi connectivity index (χ1v) is 8.45. The third kappa shape index (κ3) is 2.57. The highest BCUT2D eigenvalue weighted by Gasteiger charge is 2.17. The summed E-state index contributed by atoms with van der Waals surface area (Å²) < 4.78 is 0. The van der Waals surface area contributed by atoms with Gasteiger partial charge in [0.1, 0.15) is 10.6 Å².